The van der Waals surface area contributed by atoms with E-state index in [0.717, 1.165) is 30.5 Å². The maximum Gasteiger partial charge on any atom is 0.243 e. The van der Waals surface area contributed by atoms with Gasteiger partial charge in [0.15, 0.2) is 0 Å². The SMILES string of the molecule is Cc1cccc(N2CCN(S(=O)(=O)c3ccc4c(c3)C[C@H](C)N4C(=O)C3CCC3)CC2)c1C. The Bertz CT molecular complexity index is 1180. The summed E-state index contributed by atoms with van der Waals surface area (Å²) in [7, 11) is -3.57. The predicted octanol–water partition coefficient (Wildman–Crippen LogP) is 3.89. The smallest absolute Gasteiger partial charge is 0.243 e. The van der Waals surface area contributed by atoms with Crippen molar-refractivity contribution >= 4 is 27.3 Å². The van der Waals surface area contributed by atoms with Gasteiger partial charge in [-0.3, -0.25) is 4.79 Å². The van der Waals surface area contributed by atoms with E-state index in [1.54, 1.807) is 16.4 Å². The number of sulfonamides is 1. The predicted molar refractivity (Wildman–Crippen MR) is 131 cm³/mol. The van der Waals surface area contributed by atoms with Crippen LogP contribution in [0.25, 0.3) is 0 Å². The number of hydrogen-bond donors (Lipinski definition) is 0. The molecular formula is C26H33N3O3S. The maximum absolute atomic E-state index is 13.4. The Labute approximate surface area is 197 Å². The molecule has 2 aromatic carbocycles. The van der Waals surface area contributed by atoms with Crippen molar-refractivity contribution in [3.8, 4) is 0 Å². The van der Waals surface area contributed by atoms with E-state index in [1.165, 1.54) is 16.8 Å². The molecule has 3 aliphatic rings. The van der Waals surface area contributed by atoms with E-state index in [2.05, 4.69) is 43.9 Å². The summed E-state index contributed by atoms with van der Waals surface area (Å²) in [5, 5.41) is 0. The van der Waals surface area contributed by atoms with Crippen LogP contribution in [-0.4, -0.2) is 50.9 Å². The summed E-state index contributed by atoms with van der Waals surface area (Å²) in [4.78, 5) is 17.4. The van der Waals surface area contributed by atoms with E-state index in [1.807, 2.05) is 11.0 Å². The third-order valence-electron chi connectivity index (χ3n) is 7.75. The molecule has 0 spiro atoms. The minimum absolute atomic E-state index is 0.0761. The normalized spacial score (nSPS) is 21.7. The van der Waals surface area contributed by atoms with E-state index in [4.69, 9.17) is 0 Å². The number of hydrogen-bond acceptors (Lipinski definition) is 4. The van der Waals surface area contributed by atoms with Crippen LogP contribution < -0.4 is 9.80 Å². The fourth-order valence-corrected chi connectivity index (χ4v) is 6.83. The average molecular weight is 468 g/mol. The molecule has 7 heteroatoms. The van der Waals surface area contributed by atoms with Gasteiger partial charge in [-0.15, -0.1) is 0 Å². The Morgan fingerprint density at radius 1 is 0.970 bits per heavy atom. The first-order valence-corrected chi connectivity index (χ1v) is 13.5. The van der Waals surface area contributed by atoms with Crippen LogP contribution in [0.1, 0.15) is 42.9 Å². The lowest BCUT2D eigenvalue weighted by atomic mass is 9.84. The molecule has 2 aliphatic heterocycles. The minimum Gasteiger partial charge on any atom is -0.369 e. The fraction of sp³-hybridized carbons (Fsp3) is 0.500. The zero-order valence-electron chi connectivity index (χ0n) is 19.8. The highest BCUT2D eigenvalue weighted by molar-refractivity contribution is 7.89. The Morgan fingerprint density at radius 2 is 1.70 bits per heavy atom. The average Bonchev–Trinajstić information content (AvgIpc) is 3.09. The van der Waals surface area contributed by atoms with Crippen molar-refractivity contribution in [1.29, 1.82) is 0 Å². The first kappa shape index (κ1) is 22.4. The van der Waals surface area contributed by atoms with E-state index < -0.39 is 10.0 Å². The van der Waals surface area contributed by atoms with E-state index >= 15 is 0 Å². The largest absolute Gasteiger partial charge is 0.369 e. The van der Waals surface area contributed by atoms with Crippen molar-refractivity contribution in [2.24, 2.45) is 5.92 Å². The Hall–Kier alpha value is -2.38. The molecule has 0 bridgehead atoms. The van der Waals surface area contributed by atoms with Gasteiger partial charge in [0.05, 0.1) is 4.90 Å². The summed E-state index contributed by atoms with van der Waals surface area (Å²) in [6.07, 6.45) is 3.77. The molecule has 1 saturated carbocycles. The molecule has 176 valence electrons. The van der Waals surface area contributed by atoms with Gasteiger partial charge in [0.25, 0.3) is 0 Å². The summed E-state index contributed by atoms with van der Waals surface area (Å²) in [6, 6.07) is 11.7. The number of amides is 1. The van der Waals surface area contributed by atoms with Crippen LogP contribution in [0, 0.1) is 19.8 Å². The Morgan fingerprint density at radius 3 is 2.36 bits per heavy atom. The number of fused-ring (bicyclic) bond motifs is 1. The van der Waals surface area contributed by atoms with E-state index in [9.17, 15) is 13.2 Å². The number of piperazine rings is 1. The van der Waals surface area contributed by atoms with Gasteiger partial charge in [-0.1, -0.05) is 18.6 Å². The quantitative estimate of drug-likeness (QED) is 0.685. The van der Waals surface area contributed by atoms with Crippen molar-refractivity contribution in [3.63, 3.8) is 0 Å². The summed E-state index contributed by atoms with van der Waals surface area (Å²) in [5.41, 5.74) is 5.54. The van der Waals surface area contributed by atoms with Crippen LogP contribution in [0.2, 0.25) is 0 Å². The number of rotatable bonds is 4. The standard InChI is InChI=1S/C26H33N3O3S/c1-18-6-4-9-24(20(18)3)27-12-14-28(15-13-27)33(31,32)23-10-11-25-22(17-23)16-19(2)29(25)26(30)21-7-5-8-21/h4,6,9-11,17,19,21H,5,7-8,12-16H2,1-3H3/t19-/m0/s1. The molecule has 5 rings (SSSR count). The number of nitrogens with zero attached hydrogens (tertiary/aromatic N) is 3. The van der Waals surface area contributed by atoms with Crippen LogP contribution in [0.4, 0.5) is 11.4 Å². The monoisotopic (exact) mass is 467 g/mol. The van der Waals surface area contributed by atoms with Crippen LogP contribution in [0.3, 0.4) is 0 Å². The number of aryl methyl sites for hydroxylation is 1. The van der Waals surface area contributed by atoms with Gasteiger partial charge in [0.1, 0.15) is 0 Å². The van der Waals surface area contributed by atoms with Crippen molar-refractivity contribution in [1.82, 2.24) is 4.31 Å². The van der Waals surface area contributed by atoms with Gasteiger partial charge in [-0.2, -0.15) is 4.31 Å². The molecule has 2 fully saturated rings. The third-order valence-corrected chi connectivity index (χ3v) is 9.65. The Balaban J connectivity index is 1.32. The lowest BCUT2D eigenvalue weighted by molar-refractivity contribution is -0.125. The van der Waals surface area contributed by atoms with Gasteiger partial charge in [0.2, 0.25) is 15.9 Å². The molecule has 0 unspecified atom stereocenters. The van der Waals surface area contributed by atoms with Crippen LogP contribution in [-0.2, 0) is 21.2 Å². The molecule has 1 atom stereocenters. The Kier molecular flexibility index (Phi) is 5.73. The summed E-state index contributed by atoms with van der Waals surface area (Å²) >= 11 is 0. The molecule has 0 radical (unpaired) electrons. The summed E-state index contributed by atoms with van der Waals surface area (Å²) in [6.45, 7) is 8.57. The van der Waals surface area contributed by atoms with E-state index in [-0.39, 0.29) is 17.9 Å². The van der Waals surface area contributed by atoms with E-state index in [0.29, 0.717) is 37.5 Å². The van der Waals surface area contributed by atoms with Gasteiger partial charge in [-0.25, -0.2) is 8.42 Å². The van der Waals surface area contributed by atoms with Crippen LogP contribution in [0.15, 0.2) is 41.3 Å². The molecule has 1 aliphatic carbocycles. The fourth-order valence-electron chi connectivity index (χ4n) is 5.35. The third kappa shape index (κ3) is 3.85. The molecule has 33 heavy (non-hydrogen) atoms. The highest BCUT2D eigenvalue weighted by atomic mass is 32.2. The van der Waals surface area contributed by atoms with Crippen molar-refractivity contribution < 1.29 is 13.2 Å². The zero-order valence-corrected chi connectivity index (χ0v) is 20.6. The summed E-state index contributed by atoms with van der Waals surface area (Å²) in [5.74, 6) is 0.334. The lowest BCUT2D eigenvalue weighted by Crippen LogP contribution is -2.48. The van der Waals surface area contributed by atoms with Crippen molar-refractivity contribution in [2.75, 3.05) is 36.0 Å². The van der Waals surface area contributed by atoms with Gasteiger partial charge < -0.3 is 9.80 Å². The van der Waals surface area contributed by atoms with Gasteiger partial charge in [-0.05, 0) is 81.0 Å². The molecule has 2 heterocycles. The van der Waals surface area contributed by atoms with Crippen LogP contribution in [0.5, 0.6) is 0 Å². The molecule has 2 aromatic rings. The first-order valence-electron chi connectivity index (χ1n) is 12.0. The molecule has 1 saturated heterocycles. The molecule has 0 aromatic heterocycles. The topological polar surface area (TPSA) is 60.9 Å². The van der Waals surface area contributed by atoms with Crippen LogP contribution >= 0.6 is 0 Å². The highest BCUT2D eigenvalue weighted by Crippen LogP contribution is 2.38. The number of anilines is 2. The van der Waals surface area contributed by atoms with Crippen molar-refractivity contribution in [3.05, 3.63) is 53.1 Å². The first-order chi connectivity index (χ1) is 15.8. The molecular weight excluding hydrogens is 434 g/mol. The second kappa shape index (κ2) is 8.44. The minimum atomic E-state index is -3.57. The van der Waals surface area contributed by atoms with Gasteiger partial charge >= 0.3 is 0 Å². The summed E-state index contributed by atoms with van der Waals surface area (Å²) < 4.78 is 28.5. The second-order valence-corrected chi connectivity index (χ2v) is 11.7. The zero-order chi connectivity index (χ0) is 23.3. The lowest BCUT2D eigenvalue weighted by Gasteiger charge is -2.36. The highest BCUT2D eigenvalue weighted by Gasteiger charge is 2.38. The number of carbonyl (C=O) groups excluding carboxylic acids is 1. The number of benzene rings is 2. The molecule has 1 amide bonds. The second-order valence-electron chi connectivity index (χ2n) is 9.79. The maximum atomic E-state index is 13.4. The van der Waals surface area contributed by atoms with Gasteiger partial charge in [0, 0.05) is 49.5 Å². The van der Waals surface area contributed by atoms with Crippen molar-refractivity contribution in [2.45, 2.75) is 57.4 Å². The molecule has 6 nitrogen and oxygen atoms in total. The number of carbonyl (C=O) groups is 1. The molecule has 0 N–H and O–H groups in total.